The molecule has 0 fully saturated rings. The molecule has 3 aromatic rings. The Hall–Kier alpha value is -2.94. The first-order valence-electron chi connectivity index (χ1n) is 6.64. The fourth-order valence-corrected chi connectivity index (χ4v) is 2.24. The van der Waals surface area contributed by atoms with Gasteiger partial charge >= 0.3 is 0 Å². The van der Waals surface area contributed by atoms with Crippen molar-refractivity contribution < 1.29 is 4.79 Å². The monoisotopic (exact) mass is 275 g/mol. The lowest BCUT2D eigenvalue weighted by Gasteiger charge is -2.08. The highest BCUT2D eigenvalue weighted by atomic mass is 16.1. The molecule has 0 bridgehead atoms. The van der Waals surface area contributed by atoms with Gasteiger partial charge in [0.1, 0.15) is 0 Å². The van der Waals surface area contributed by atoms with Crippen LogP contribution in [-0.2, 0) is 0 Å². The van der Waals surface area contributed by atoms with Gasteiger partial charge in [0.15, 0.2) is 5.78 Å². The largest absolute Gasteiger partial charge is 0.321 e. The molecule has 0 spiro atoms. The molecule has 102 valence electrons. The Morgan fingerprint density at radius 2 is 1.38 bits per heavy atom. The van der Waals surface area contributed by atoms with Crippen molar-refractivity contribution in [1.82, 2.24) is 4.98 Å². The van der Waals surface area contributed by atoms with Crippen LogP contribution in [0, 0.1) is 0 Å². The lowest BCUT2D eigenvalue weighted by molar-refractivity contribution is 0.103. The summed E-state index contributed by atoms with van der Waals surface area (Å²) in [6.45, 7) is 0. The summed E-state index contributed by atoms with van der Waals surface area (Å²) in [6.07, 6.45) is 0. The van der Waals surface area contributed by atoms with E-state index in [1.807, 2.05) is 48.5 Å². The van der Waals surface area contributed by atoms with E-state index in [0.29, 0.717) is 16.8 Å². The molecule has 0 atom stereocenters. The molecule has 21 heavy (non-hydrogen) atoms. The molecule has 0 saturated carbocycles. The predicted octanol–water partition coefficient (Wildman–Crippen LogP) is 3.27. The van der Waals surface area contributed by atoms with Crippen LogP contribution in [0.2, 0.25) is 0 Å². The number of hydrogen-bond donors (Lipinski definition) is 1. The van der Waals surface area contributed by atoms with E-state index in [9.17, 15) is 9.59 Å². The van der Waals surface area contributed by atoms with E-state index < -0.39 is 0 Å². The number of aromatic amines is 1. The molecule has 0 saturated heterocycles. The summed E-state index contributed by atoms with van der Waals surface area (Å²) >= 11 is 0. The zero-order chi connectivity index (χ0) is 14.7. The van der Waals surface area contributed by atoms with E-state index in [2.05, 4.69) is 4.98 Å². The van der Waals surface area contributed by atoms with Crippen LogP contribution in [0.3, 0.4) is 0 Å². The van der Waals surface area contributed by atoms with Crippen LogP contribution in [-0.4, -0.2) is 10.8 Å². The second-order valence-electron chi connectivity index (χ2n) is 4.67. The smallest absolute Gasteiger partial charge is 0.248 e. The first-order chi connectivity index (χ1) is 10.3. The Balaban J connectivity index is 2.16. The van der Waals surface area contributed by atoms with Gasteiger partial charge in [-0.15, -0.1) is 0 Å². The van der Waals surface area contributed by atoms with E-state index in [1.165, 1.54) is 6.07 Å². The molecule has 0 aliphatic carbocycles. The van der Waals surface area contributed by atoms with Gasteiger partial charge in [0.05, 0.1) is 5.69 Å². The topological polar surface area (TPSA) is 49.9 Å². The van der Waals surface area contributed by atoms with Crippen LogP contribution in [0.5, 0.6) is 0 Å². The summed E-state index contributed by atoms with van der Waals surface area (Å²) < 4.78 is 0. The maximum Gasteiger partial charge on any atom is 0.248 e. The van der Waals surface area contributed by atoms with Gasteiger partial charge in [0.25, 0.3) is 0 Å². The minimum Gasteiger partial charge on any atom is -0.321 e. The lowest BCUT2D eigenvalue weighted by Crippen LogP contribution is -2.11. The van der Waals surface area contributed by atoms with Crippen molar-refractivity contribution in [2.75, 3.05) is 0 Å². The van der Waals surface area contributed by atoms with E-state index in [-0.39, 0.29) is 11.3 Å². The SMILES string of the molecule is O=C(c1ccccc1)c1ccc(=O)[nH]c1-c1ccccc1. The van der Waals surface area contributed by atoms with Crippen molar-refractivity contribution >= 4 is 5.78 Å². The number of benzene rings is 2. The van der Waals surface area contributed by atoms with Crippen LogP contribution in [0.25, 0.3) is 11.3 Å². The average Bonchev–Trinajstić information content (AvgIpc) is 2.56. The molecule has 0 aliphatic heterocycles. The molecule has 0 amide bonds. The fourth-order valence-electron chi connectivity index (χ4n) is 2.24. The molecule has 1 heterocycles. The number of nitrogens with one attached hydrogen (secondary N) is 1. The van der Waals surface area contributed by atoms with E-state index >= 15 is 0 Å². The Morgan fingerprint density at radius 3 is 2.05 bits per heavy atom. The van der Waals surface area contributed by atoms with Crippen LogP contribution < -0.4 is 5.56 Å². The number of H-pyrrole nitrogens is 1. The molecule has 3 nitrogen and oxygen atoms in total. The second-order valence-corrected chi connectivity index (χ2v) is 4.67. The van der Waals surface area contributed by atoms with E-state index in [1.54, 1.807) is 18.2 Å². The normalized spacial score (nSPS) is 10.3. The van der Waals surface area contributed by atoms with Crippen LogP contribution in [0.15, 0.2) is 77.6 Å². The summed E-state index contributed by atoms with van der Waals surface area (Å²) in [4.78, 5) is 27.0. The Morgan fingerprint density at radius 1 is 0.762 bits per heavy atom. The highest BCUT2D eigenvalue weighted by Crippen LogP contribution is 2.22. The zero-order valence-electron chi connectivity index (χ0n) is 11.2. The standard InChI is InChI=1S/C18H13NO2/c20-16-12-11-15(18(21)14-9-5-2-6-10-14)17(19-16)13-7-3-1-4-8-13/h1-12H,(H,19,20). The van der Waals surface area contributed by atoms with Crippen molar-refractivity contribution in [3.05, 3.63) is 94.3 Å². The van der Waals surface area contributed by atoms with Gasteiger partial charge in [-0.1, -0.05) is 60.7 Å². The average molecular weight is 275 g/mol. The molecule has 3 rings (SSSR count). The fraction of sp³-hybridized carbons (Fsp3) is 0. The predicted molar refractivity (Wildman–Crippen MR) is 82.4 cm³/mol. The highest BCUT2D eigenvalue weighted by Gasteiger charge is 2.15. The second kappa shape index (κ2) is 5.59. The molecule has 0 radical (unpaired) electrons. The van der Waals surface area contributed by atoms with Gasteiger partial charge < -0.3 is 4.98 Å². The van der Waals surface area contributed by atoms with Gasteiger partial charge in [-0.25, -0.2) is 0 Å². The van der Waals surface area contributed by atoms with Crippen molar-refractivity contribution in [2.45, 2.75) is 0 Å². The number of pyridine rings is 1. The molecular weight excluding hydrogens is 262 g/mol. The quantitative estimate of drug-likeness (QED) is 0.746. The summed E-state index contributed by atoms with van der Waals surface area (Å²) in [7, 11) is 0. The number of carbonyl (C=O) groups is 1. The number of rotatable bonds is 3. The first-order valence-corrected chi connectivity index (χ1v) is 6.64. The summed E-state index contributed by atoms with van der Waals surface area (Å²) in [5, 5.41) is 0. The Kier molecular flexibility index (Phi) is 3.48. The minimum absolute atomic E-state index is 0.106. The molecule has 3 heteroatoms. The third-order valence-electron chi connectivity index (χ3n) is 3.26. The molecular formula is C18H13NO2. The third kappa shape index (κ3) is 2.67. The molecule has 1 aromatic heterocycles. The summed E-state index contributed by atoms with van der Waals surface area (Å²) in [5.74, 6) is -0.106. The van der Waals surface area contributed by atoms with Gasteiger partial charge in [-0.2, -0.15) is 0 Å². The summed E-state index contributed by atoms with van der Waals surface area (Å²) in [6, 6.07) is 21.4. The maximum atomic E-state index is 12.6. The van der Waals surface area contributed by atoms with Crippen LogP contribution >= 0.6 is 0 Å². The highest BCUT2D eigenvalue weighted by molar-refractivity contribution is 6.12. The molecule has 0 unspecified atom stereocenters. The zero-order valence-corrected chi connectivity index (χ0v) is 11.2. The van der Waals surface area contributed by atoms with Gasteiger partial charge in [0.2, 0.25) is 5.56 Å². The van der Waals surface area contributed by atoms with Crippen molar-refractivity contribution in [3.8, 4) is 11.3 Å². The number of aromatic nitrogens is 1. The number of ketones is 1. The molecule has 0 aliphatic rings. The number of hydrogen-bond acceptors (Lipinski definition) is 2. The minimum atomic E-state index is -0.224. The summed E-state index contributed by atoms with van der Waals surface area (Å²) in [5.41, 5.74) is 2.23. The Labute approximate surface area is 121 Å². The molecule has 1 N–H and O–H groups in total. The molecule has 2 aromatic carbocycles. The van der Waals surface area contributed by atoms with E-state index in [4.69, 9.17) is 0 Å². The lowest BCUT2D eigenvalue weighted by atomic mass is 9.98. The van der Waals surface area contributed by atoms with Crippen molar-refractivity contribution in [3.63, 3.8) is 0 Å². The van der Waals surface area contributed by atoms with Crippen molar-refractivity contribution in [1.29, 1.82) is 0 Å². The Bertz CT molecular complexity index is 821. The van der Waals surface area contributed by atoms with Crippen molar-refractivity contribution in [2.24, 2.45) is 0 Å². The first kappa shape index (κ1) is 13.1. The van der Waals surface area contributed by atoms with Gasteiger partial charge in [0, 0.05) is 17.2 Å². The number of carbonyl (C=O) groups excluding carboxylic acids is 1. The van der Waals surface area contributed by atoms with Gasteiger partial charge in [-0.05, 0) is 11.6 Å². The maximum absolute atomic E-state index is 12.6. The van der Waals surface area contributed by atoms with Crippen LogP contribution in [0.1, 0.15) is 15.9 Å². The van der Waals surface area contributed by atoms with E-state index in [0.717, 1.165) is 5.56 Å². The third-order valence-corrected chi connectivity index (χ3v) is 3.26. The van der Waals surface area contributed by atoms with Crippen LogP contribution in [0.4, 0.5) is 0 Å². The van der Waals surface area contributed by atoms with Gasteiger partial charge in [-0.3, -0.25) is 9.59 Å².